The van der Waals surface area contributed by atoms with Crippen LogP contribution in [0.15, 0.2) is 53.8 Å². The Hall–Kier alpha value is -2.64. The van der Waals surface area contributed by atoms with E-state index in [2.05, 4.69) is 43.1 Å². The smallest absolute Gasteiger partial charge is 0.137 e. The topological polar surface area (TPSA) is 45.9 Å². The van der Waals surface area contributed by atoms with E-state index in [1.807, 2.05) is 38.2 Å². The number of rotatable bonds is 6. The van der Waals surface area contributed by atoms with Crippen molar-refractivity contribution in [1.82, 2.24) is 4.98 Å². The van der Waals surface area contributed by atoms with E-state index in [-0.39, 0.29) is 6.10 Å². The minimum absolute atomic E-state index is 0.0349. The van der Waals surface area contributed by atoms with E-state index in [1.165, 1.54) is 28.0 Å². The molecule has 0 bridgehead atoms. The zero-order valence-corrected chi connectivity index (χ0v) is 17.8. The summed E-state index contributed by atoms with van der Waals surface area (Å²) < 4.78 is 5.73. The summed E-state index contributed by atoms with van der Waals surface area (Å²) in [5.74, 6) is 0.624. The third kappa shape index (κ3) is 4.26. The average Bonchev–Trinajstić information content (AvgIpc) is 3.33. The van der Waals surface area contributed by atoms with Crippen molar-refractivity contribution < 1.29 is 4.74 Å². The molecule has 1 aromatic carbocycles. The highest BCUT2D eigenvalue weighted by atomic mass is 32.1. The fourth-order valence-electron chi connectivity index (χ4n) is 3.56. The van der Waals surface area contributed by atoms with E-state index < -0.39 is 0 Å². The van der Waals surface area contributed by atoms with Gasteiger partial charge in [0.1, 0.15) is 16.8 Å². The summed E-state index contributed by atoms with van der Waals surface area (Å²) >= 11 is 1.68. The number of aromatic nitrogens is 1. The summed E-state index contributed by atoms with van der Waals surface area (Å²) in [4.78, 5) is 5.83. The summed E-state index contributed by atoms with van der Waals surface area (Å²) in [5.41, 5.74) is 5.66. The van der Waals surface area contributed by atoms with Gasteiger partial charge in [-0.3, -0.25) is 0 Å². The molecule has 0 saturated carbocycles. The lowest BCUT2D eigenvalue weighted by Crippen LogP contribution is -2.06. The Morgan fingerprint density at radius 2 is 2.11 bits per heavy atom. The lowest BCUT2D eigenvalue weighted by Gasteiger charge is -2.11. The zero-order valence-electron chi connectivity index (χ0n) is 17.0. The molecule has 0 radical (unpaired) electrons. The molecule has 0 spiro atoms. The zero-order chi connectivity index (χ0) is 20.1. The number of thiazole rings is 1. The summed E-state index contributed by atoms with van der Waals surface area (Å²) in [6.45, 7) is 8.09. The fourth-order valence-corrected chi connectivity index (χ4v) is 4.58. The lowest BCUT2D eigenvalue weighted by atomic mass is 10.0. The number of allylic oxidation sites excluding steroid dienone is 6. The summed E-state index contributed by atoms with van der Waals surface area (Å²) in [5, 5.41) is 10.4. The van der Waals surface area contributed by atoms with Crippen LogP contribution in [0.25, 0.3) is 16.1 Å². The molecule has 0 aliphatic heterocycles. The number of ether oxygens (including phenoxy) is 1. The molecule has 0 atom stereocenters. The quantitative estimate of drug-likeness (QED) is 0.537. The van der Waals surface area contributed by atoms with Crippen molar-refractivity contribution in [2.45, 2.75) is 53.1 Å². The number of hydrogen-bond donors (Lipinski definition) is 0. The number of benzene rings is 1. The van der Waals surface area contributed by atoms with Crippen LogP contribution in [0, 0.1) is 11.3 Å². The molecule has 2 aromatic rings. The molecule has 3 rings (SSSR count). The maximum Gasteiger partial charge on any atom is 0.137 e. The van der Waals surface area contributed by atoms with Gasteiger partial charge in [0.25, 0.3) is 0 Å². The van der Waals surface area contributed by atoms with Gasteiger partial charge in [0.2, 0.25) is 0 Å². The SMILES string of the molecule is C/C=C\C1=C(C(=C\C)/c2cnc(-c3ccc(OC(C)C)c(C#N)c3)s2)CCC1. The second-order valence-corrected chi connectivity index (χ2v) is 8.11. The molecule has 0 amide bonds. The fraction of sp³-hybridized carbons (Fsp3) is 0.333. The van der Waals surface area contributed by atoms with Crippen LogP contribution in [0.4, 0.5) is 0 Å². The van der Waals surface area contributed by atoms with Crippen LogP contribution in [-0.4, -0.2) is 11.1 Å². The second kappa shape index (κ2) is 9.03. The molecule has 4 heteroatoms. The van der Waals surface area contributed by atoms with Crippen LogP contribution in [0.5, 0.6) is 5.75 Å². The van der Waals surface area contributed by atoms with Gasteiger partial charge in [-0.2, -0.15) is 5.26 Å². The molecule has 1 heterocycles. The molecule has 0 unspecified atom stereocenters. The molecular weight excluding hydrogens is 364 g/mol. The number of nitrogens with zero attached hydrogens (tertiary/aromatic N) is 2. The van der Waals surface area contributed by atoms with Crippen molar-refractivity contribution in [2.24, 2.45) is 0 Å². The summed E-state index contributed by atoms with van der Waals surface area (Å²) in [6.07, 6.45) is 12.0. The third-order valence-electron chi connectivity index (χ3n) is 4.72. The highest BCUT2D eigenvalue weighted by molar-refractivity contribution is 7.16. The minimum atomic E-state index is 0.0349. The Morgan fingerprint density at radius 1 is 1.29 bits per heavy atom. The minimum Gasteiger partial charge on any atom is -0.490 e. The first-order chi connectivity index (χ1) is 13.6. The Bertz CT molecular complexity index is 986. The molecule has 0 fully saturated rings. The Labute approximate surface area is 171 Å². The summed E-state index contributed by atoms with van der Waals surface area (Å²) in [7, 11) is 0. The largest absolute Gasteiger partial charge is 0.490 e. The Kier molecular flexibility index (Phi) is 6.49. The maximum atomic E-state index is 9.49. The predicted molar refractivity (Wildman–Crippen MR) is 117 cm³/mol. The second-order valence-electron chi connectivity index (χ2n) is 7.08. The van der Waals surface area contributed by atoms with Gasteiger partial charge < -0.3 is 4.74 Å². The third-order valence-corrected chi connectivity index (χ3v) is 5.80. The van der Waals surface area contributed by atoms with Crippen LogP contribution < -0.4 is 4.74 Å². The van der Waals surface area contributed by atoms with E-state index in [0.29, 0.717) is 11.3 Å². The van der Waals surface area contributed by atoms with E-state index in [9.17, 15) is 5.26 Å². The van der Waals surface area contributed by atoms with Gasteiger partial charge in [0, 0.05) is 11.8 Å². The Morgan fingerprint density at radius 3 is 2.79 bits per heavy atom. The van der Waals surface area contributed by atoms with Crippen LogP contribution >= 0.6 is 11.3 Å². The van der Waals surface area contributed by atoms with Crippen molar-refractivity contribution in [3.05, 3.63) is 64.2 Å². The highest BCUT2D eigenvalue weighted by Crippen LogP contribution is 2.40. The molecule has 28 heavy (non-hydrogen) atoms. The summed E-state index contributed by atoms with van der Waals surface area (Å²) in [6, 6.07) is 7.97. The molecule has 1 aromatic heterocycles. The van der Waals surface area contributed by atoms with Gasteiger partial charge in [0.15, 0.2) is 0 Å². The predicted octanol–water partition coefficient (Wildman–Crippen LogP) is 6.93. The molecule has 144 valence electrons. The monoisotopic (exact) mass is 390 g/mol. The standard InChI is InChI=1S/C24H26N2OS/c1-5-8-17-9-7-10-21(17)20(6-2)23-15-26-24(28-23)18-11-12-22(27-16(3)4)19(13-18)14-25/h5-6,8,11-13,15-16H,7,9-10H2,1-4H3/b8-5-,20-6+. The first-order valence-corrected chi connectivity index (χ1v) is 10.6. The van der Waals surface area contributed by atoms with E-state index in [1.54, 1.807) is 11.3 Å². The van der Waals surface area contributed by atoms with E-state index in [0.717, 1.165) is 23.4 Å². The van der Waals surface area contributed by atoms with Crippen molar-refractivity contribution >= 4 is 16.9 Å². The molecule has 0 N–H and O–H groups in total. The number of hydrogen-bond acceptors (Lipinski definition) is 4. The molecule has 3 nitrogen and oxygen atoms in total. The van der Waals surface area contributed by atoms with Crippen LogP contribution in [0.3, 0.4) is 0 Å². The normalized spacial score (nSPS) is 14.9. The Balaban J connectivity index is 1.94. The molecule has 1 aliphatic carbocycles. The first-order valence-electron chi connectivity index (χ1n) is 9.76. The highest BCUT2D eigenvalue weighted by Gasteiger charge is 2.19. The molecule has 0 saturated heterocycles. The van der Waals surface area contributed by atoms with Crippen LogP contribution in [0.2, 0.25) is 0 Å². The molecular formula is C24H26N2OS. The van der Waals surface area contributed by atoms with Gasteiger partial charge in [-0.25, -0.2) is 4.98 Å². The van der Waals surface area contributed by atoms with Gasteiger partial charge >= 0.3 is 0 Å². The van der Waals surface area contributed by atoms with Crippen LogP contribution in [-0.2, 0) is 0 Å². The van der Waals surface area contributed by atoms with E-state index >= 15 is 0 Å². The van der Waals surface area contributed by atoms with Crippen molar-refractivity contribution in [3.8, 4) is 22.4 Å². The van der Waals surface area contributed by atoms with Crippen molar-refractivity contribution in [3.63, 3.8) is 0 Å². The molecule has 1 aliphatic rings. The maximum absolute atomic E-state index is 9.49. The number of nitriles is 1. The van der Waals surface area contributed by atoms with Gasteiger partial charge in [-0.15, -0.1) is 11.3 Å². The van der Waals surface area contributed by atoms with Gasteiger partial charge in [0.05, 0.1) is 16.5 Å². The van der Waals surface area contributed by atoms with Crippen LogP contribution in [0.1, 0.15) is 57.4 Å². The first kappa shape index (κ1) is 20.1. The van der Waals surface area contributed by atoms with Gasteiger partial charge in [-0.1, -0.05) is 18.2 Å². The van der Waals surface area contributed by atoms with Gasteiger partial charge in [-0.05, 0) is 81.9 Å². The van der Waals surface area contributed by atoms with E-state index in [4.69, 9.17) is 4.74 Å². The van der Waals surface area contributed by atoms with Crippen molar-refractivity contribution in [2.75, 3.05) is 0 Å². The average molecular weight is 391 g/mol. The lowest BCUT2D eigenvalue weighted by molar-refractivity contribution is 0.242. The van der Waals surface area contributed by atoms with Crippen molar-refractivity contribution in [1.29, 1.82) is 5.26 Å².